The Labute approximate surface area is 116 Å². The highest BCUT2D eigenvalue weighted by Gasteiger charge is 2.13. The number of hydrogen-bond donors (Lipinski definition) is 0. The molecule has 0 unspecified atom stereocenters. The van der Waals surface area contributed by atoms with Crippen molar-refractivity contribution in [3.05, 3.63) is 35.7 Å². The summed E-state index contributed by atoms with van der Waals surface area (Å²) in [5.74, 6) is 0. The van der Waals surface area contributed by atoms with Gasteiger partial charge in [-0.25, -0.2) is 0 Å². The second-order valence-corrected chi connectivity index (χ2v) is 5.36. The van der Waals surface area contributed by atoms with Crippen molar-refractivity contribution in [3.8, 4) is 0 Å². The third-order valence-electron chi connectivity index (χ3n) is 3.59. The van der Waals surface area contributed by atoms with Crippen LogP contribution in [0.1, 0.15) is 31.0 Å². The van der Waals surface area contributed by atoms with Crippen LogP contribution in [0.3, 0.4) is 0 Å². The minimum atomic E-state index is 1.03. The summed E-state index contributed by atoms with van der Waals surface area (Å²) < 4.78 is 0. The first-order chi connectivity index (χ1) is 9.28. The molecule has 0 saturated carbocycles. The first-order valence-electron chi connectivity index (χ1n) is 7.30. The van der Waals surface area contributed by atoms with E-state index in [2.05, 4.69) is 53.0 Å². The predicted molar refractivity (Wildman–Crippen MR) is 81.0 cm³/mol. The van der Waals surface area contributed by atoms with Crippen molar-refractivity contribution in [2.24, 2.45) is 0 Å². The molecule has 0 atom stereocenters. The fourth-order valence-electron chi connectivity index (χ4n) is 2.26. The van der Waals surface area contributed by atoms with E-state index < -0.39 is 0 Å². The van der Waals surface area contributed by atoms with Gasteiger partial charge in [0.1, 0.15) is 0 Å². The smallest absolute Gasteiger partial charge is 0.0626 e. The van der Waals surface area contributed by atoms with Crippen molar-refractivity contribution in [3.63, 3.8) is 0 Å². The quantitative estimate of drug-likeness (QED) is 0.810. The van der Waals surface area contributed by atoms with Gasteiger partial charge >= 0.3 is 0 Å². The van der Waals surface area contributed by atoms with Crippen molar-refractivity contribution >= 4 is 6.08 Å². The molecular formula is C16H25N3. The van der Waals surface area contributed by atoms with E-state index in [0.717, 1.165) is 31.7 Å². The number of likely N-dealkylation sites (N-methyl/N-ethyl adjacent to an activating group) is 1. The Hall–Kier alpha value is -1.19. The van der Waals surface area contributed by atoms with Crippen molar-refractivity contribution in [2.75, 3.05) is 33.2 Å². The number of rotatable bonds is 5. The van der Waals surface area contributed by atoms with Gasteiger partial charge in [0.2, 0.25) is 0 Å². The molecule has 3 nitrogen and oxygen atoms in total. The third-order valence-corrected chi connectivity index (χ3v) is 3.59. The fraction of sp³-hybridized carbons (Fsp3) is 0.562. The molecule has 0 aromatic carbocycles. The van der Waals surface area contributed by atoms with E-state index in [-0.39, 0.29) is 0 Å². The topological polar surface area (TPSA) is 19.4 Å². The van der Waals surface area contributed by atoms with Crippen LogP contribution < -0.4 is 0 Å². The zero-order chi connectivity index (χ0) is 13.5. The Morgan fingerprint density at radius 3 is 2.63 bits per heavy atom. The molecule has 0 spiro atoms. The van der Waals surface area contributed by atoms with Crippen LogP contribution in [0.5, 0.6) is 0 Å². The second kappa shape index (κ2) is 7.41. The number of aromatic nitrogens is 1. The molecule has 0 aliphatic carbocycles. The normalized spacial score (nSPS) is 18.2. The Morgan fingerprint density at radius 1 is 1.21 bits per heavy atom. The van der Waals surface area contributed by atoms with Gasteiger partial charge in [-0.05, 0) is 31.2 Å². The van der Waals surface area contributed by atoms with Crippen LogP contribution in [-0.2, 0) is 6.54 Å². The van der Waals surface area contributed by atoms with Gasteiger partial charge < -0.3 is 4.90 Å². The molecule has 19 heavy (non-hydrogen) atoms. The number of pyridine rings is 1. The molecule has 1 fully saturated rings. The molecule has 3 heteroatoms. The lowest BCUT2D eigenvalue weighted by Gasteiger charge is -2.32. The van der Waals surface area contributed by atoms with Crippen molar-refractivity contribution in [1.82, 2.24) is 14.8 Å². The van der Waals surface area contributed by atoms with Gasteiger partial charge in [-0.1, -0.05) is 25.5 Å². The maximum atomic E-state index is 4.51. The van der Waals surface area contributed by atoms with Crippen LogP contribution in [0, 0.1) is 0 Å². The Kier molecular flexibility index (Phi) is 5.55. The third kappa shape index (κ3) is 4.77. The Bertz CT molecular complexity index is 389. The molecule has 0 N–H and O–H groups in total. The summed E-state index contributed by atoms with van der Waals surface area (Å²) in [6, 6.07) is 4.33. The fourth-order valence-corrected chi connectivity index (χ4v) is 2.26. The standard InChI is InChI=1S/C16H25N3/c1-3-4-5-6-16-8-7-15(13-17-16)14-19-11-9-18(2)10-12-19/h5-8,13H,3-4,9-12,14H2,1-2H3/b6-5+. The number of unbranched alkanes of at least 4 members (excludes halogenated alkanes) is 1. The molecule has 1 aliphatic heterocycles. The highest BCUT2D eigenvalue weighted by atomic mass is 15.2. The summed E-state index contributed by atoms with van der Waals surface area (Å²) in [6.45, 7) is 7.89. The van der Waals surface area contributed by atoms with Gasteiger partial charge in [-0.3, -0.25) is 9.88 Å². The van der Waals surface area contributed by atoms with Gasteiger partial charge in [0.05, 0.1) is 5.69 Å². The molecule has 0 amide bonds. The first kappa shape index (κ1) is 14.2. The van der Waals surface area contributed by atoms with E-state index in [1.807, 2.05) is 6.20 Å². The molecule has 2 heterocycles. The van der Waals surface area contributed by atoms with Crippen LogP contribution in [0.4, 0.5) is 0 Å². The molecular weight excluding hydrogens is 234 g/mol. The molecule has 1 saturated heterocycles. The van der Waals surface area contributed by atoms with Crippen LogP contribution in [0.2, 0.25) is 0 Å². The summed E-state index contributed by atoms with van der Waals surface area (Å²) >= 11 is 0. The molecule has 104 valence electrons. The van der Waals surface area contributed by atoms with E-state index in [4.69, 9.17) is 0 Å². The Balaban J connectivity index is 1.84. The molecule has 1 aromatic heterocycles. The molecule has 0 bridgehead atoms. The maximum absolute atomic E-state index is 4.51. The van der Waals surface area contributed by atoms with Gasteiger partial charge in [-0.15, -0.1) is 0 Å². The lowest BCUT2D eigenvalue weighted by atomic mass is 10.2. The van der Waals surface area contributed by atoms with Gasteiger partial charge in [0.15, 0.2) is 0 Å². The van der Waals surface area contributed by atoms with E-state index in [0.29, 0.717) is 0 Å². The van der Waals surface area contributed by atoms with Crippen LogP contribution >= 0.6 is 0 Å². The molecule has 1 aliphatic rings. The van der Waals surface area contributed by atoms with Crippen molar-refractivity contribution in [2.45, 2.75) is 26.3 Å². The maximum Gasteiger partial charge on any atom is 0.0626 e. The first-order valence-corrected chi connectivity index (χ1v) is 7.30. The summed E-state index contributed by atoms with van der Waals surface area (Å²) in [5.41, 5.74) is 2.38. The largest absolute Gasteiger partial charge is 0.304 e. The zero-order valence-corrected chi connectivity index (χ0v) is 12.2. The molecule has 0 radical (unpaired) electrons. The average molecular weight is 259 g/mol. The number of nitrogens with zero attached hydrogens (tertiary/aromatic N) is 3. The molecule has 2 rings (SSSR count). The van der Waals surface area contributed by atoms with Gasteiger partial charge in [-0.2, -0.15) is 0 Å². The van der Waals surface area contributed by atoms with Crippen LogP contribution in [0.15, 0.2) is 24.4 Å². The van der Waals surface area contributed by atoms with Gasteiger partial charge in [0.25, 0.3) is 0 Å². The van der Waals surface area contributed by atoms with Crippen molar-refractivity contribution < 1.29 is 0 Å². The number of hydrogen-bond acceptors (Lipinski definition) is 3. The van der Waals surface area contributed by atoms with Crippen molar-refractivity contribution in [1.29, 1.82) is 0 Å². The average Bonchev–Trinajstić information content (AvgIpc) is 2.44. The highest BCUT2D eigenvalue weighted by molar-refractivity contribution is 5.44. The zero-order valence-electron chi connectivity index (χ0n) is 12.2. The number of allylic oxidation sites excluding steroid dienone is 1. The second-order valence-electron chi connectivity index (χ2n) is 5.36. The SMILES string of the molecule is CCC/C=C/c1ccc(CN2CCN(C)CC2)cn1. The summed E-state index contributed by atoms with van der Waals surface area (Å²) in [4.78, 5) is 9.40. The Morgan fingerprint density at radius 2 is 2.00 bits per heavy atom. The van der Waals surface area contributed by atoms with E-state index in [9.17, 15) is 0 Å². The van der Waals surface area contributed by atoms with E-state index in [1.54, 1.807) is 0 Å². The summed E-state index contributed by atoms with van der Waals surface area (Å²) in [7, 11) is 2.19. The van der Waals surface area contributed by atoms with Gasteiger partial charge in [0, 0.05) is 38.9 Å². The summed E-state index contributed by atoms with van der Waals surface area (Å²) in [5, 5.41) is 0. The van der Waals surface area contributed by atoms with Crippen LogP contribution in [0.25, 0.3) is 6.08 Å². The summed E-state index contributed by atoms with van der Waals surface area (Å²) in [6.07, 6.45) is 8.65. The molecule has 1 aromatic rings. The highest BCUT2D eigenvalue weighted by Crippen LogP contribution is 2.08. The lowest BCUT2D eigenvalue weighted by molar-refractivity contribution is 0.148. The predicted octanol–water partition coefficient (Wildman–Crippen LogP) is 2.64. The minimum absolute atomic E-state index is 1.03. The minimum Gasteiger partial charge on any atom is -0.304 e. The van der Waals surface area contributed by atoms with E-state index in [1.165, 1.54) is 25.1 Å². The monoisotopic (exact) mass is 259 g/mol. The van der Waals surface area contributed by atoms with E-state index >= 15 is 0 Å². The van der Waals surface area contributed by atoms with Crippen LogP contribution in [-0.4, -0.2) is 48.0 Å². The lowest BCUT2D eigenvalue weighted by Crippen LogP contribution is -2.43. The number of piperazine rings is 1.